The number of nitrogens with zero attached hydrogens (tertiary/aromatic N) is 1. The molecule has 0 spiro atoms. The second kappa shape index (κ2) is 5.77. The summed E-state index contributed by atoms with van der Waals surface area (Å²) in [7, 11) is 0. The molecule has 5 nitrogen and oxygen atoms in total. The quantitative estimate of drug-likeness (QED) is 0.819. The van der Waals surface area contributed by atoms with Crippen molar-refractivity contribution in [1.29, 1.82) is 0 Å². The first-order chi connectivity index (χ1) is 8.77. The Kier molecular flexibility index (Phi) is 3.86. The maximum atomic E-state index is 11.6. The Morgan fingerprint density at radius 1 is 1.28 bits per heavy atom. The van der Waals surface area contributed by atoms with Crippen molar-refractivity contribution in [3.8, 4) is 0 Å². The van der Waals surface area contributed by atoms with Crippen LogP contribution in [0.25, 0.3) is 0 Å². The van der Waals surface area contributed by atoms with Crippen molar-refractivity contribution < 1.29 is 9.53 Å². The zero-order valence-electron chi connectivity index (χ0n) is 9.63. The zero-order valence-corrected chi connectivity index (χ0v) is 9.63. The van der Waals surface area contributed by atoms with Gasteiger partial charge in [-0.15, -0.1) is 0 Å². The molecule has 0 bridgehead atoms. The molecule has 2 rings (SSSR count). The molecule has 0 saturated carbocycles. The highest BCUT2D eigenvalue weighted by molar-refractivity contribution is 5.89. The van der Waals surface area contributed by atoms with E-state index < -0.39 is 5.97 Å². The minimum absolute atomic E-state index is 0.155. The van der Waals surface area contributed by atoms with Gasteiger partial charge in [-0.05, 0) is 12.1 Å². The molecule has 0 aliphatic rings. The van der Waals surface area contributed by atoms with Crippen LogP contribution in [0.15, 0.2) is 47.7 Å². The molecular weight excluding hydrogens is 232 g/mol. The third-order valence-electron chi connectivity index (χ3n) is 2.41. The van der Waals surface area contributed by atoms with Crippen LogP contribution in [0.1, 0.15) is 15.9 Å². The largest absolute Gasteiger partial charge is 0.462 e. The van der Waals surface area contributed by atoms with Gasteiger partial charge in [-0.3, -0.25) is 4.79 Å². The van der Waals surface area contributed by atoms with Gasteiger partial charge in [-0.2, -0.15) is 0 Å². The monoisotopic (exact) mass is 244 g/mol. The summed E-state index contributed by atoms with van der Waals surface area (Å²) >= 11 is 0. The zero-order chi connectivity index (χ0) is 12.8. The second-order valence-electron chi connectivity index (χ2n) is 3.66. The standard InChI is InChI=1S/C13H12N2O3/c16-12-11(8-14-9-15-12)6-7-18-13(17)10-4-2-1-3-5-10/h1-5,8-9H,6-7H2,(H,14,15,16). The van der Waals surface area contributed by atoms with E-state index in [0.717, 1.165) is 0 Å². The van der Waals surface area contributed by atoms with E-state index in [0.29, 0.717) is 17.5 Å². The fourth-order valence-corrected chi connectivity index (χ4v) is 1.46. The van der Waals surface area contributed by atoms with Gasteiger partial charge in [-0.1, -0.05) is 18.2 Å². The summed E-state index contributed by atoms with van der Waals surface area (Å²) in [5.41, 5.74) is 0.789. The molecule has 2 aromatic rings. The molecule has 0 atom stereocenters. The molecule has 5 heteroatoms. The number of aromatic nitrogens is 2. The van der Waals surface area contributed by atoms with Crippen LogP contribution in [0.4, 0.5) is 0 Å². The Morgan fingerprint density at radius 3 is 2.78 bits per heavy atom. The first-order valence-corrected chi connectivity index (χ1v) is 5.51. The van der Waals surface area contributed by atoms with Crippen LogP contribution < -0.4 is 5.56 Å². The van der Waals surface area contributed by atoms with Gasteiger partial charge < -0.3 is 9.72 Å². The molecule has 1 aromatic heterocycles. The van der Waals surface area contributed by atoms with E-state index in [4.69, 9.17) is 4.74 Å². The number of carbonyl (C=O) groups excluding carboxylic acids is 1. The van der Waals surface area contributed by atoms with Gasteiger partial charge in [0.25, 0.3) is 5.56 Å². The number of esters is 1. The van der Waals surface area contributed by atoms with E-state index in [1.165, 1.54) is 12.5 Å². The van der Waals surface area contributed by atoms with E-state index in [9.17, 15) is 9.59 Å². The summed E-state index contributed by atoms with van der Waals surface area (Å²) in [6.07, 6.45) is 3.14. The molecule has 1 N–H and O–H groups in total. The lowest BCUT2D eigenvalue weighted by Gasteiger charge is -2.03. The number of nitrogens with one attached hydrogen (secondary N) is 1. The second-order valence-corrected chi connectivity index (χ2v) is 3.66. The van der Waals surface area contributed by atoms with E-state index in [1.807, 2.05) is 6.07 Å². The van der Waals surface area contributed by atoms with E-state index in [2.05, 4.69) is 9.97 Å². The van der Waals surface area contributed by atoms with Crippen LogP contribution in [0.5, 0.6) is 0 Å². The number of H-pyrrole nitrogens is 1. The molecule has 92 valence electrons. The lowest BCUT2D eigenvalue weighted by Crippen LogP contribution is -2.16. The van der Waals surface area contributed by atoms with Crippen LogP contribution in [-0.4, -0.2) is 22.5 Å². The van der Waals surface area contributed by atoms with E-state index in [1.54, 1.807) is 24.3 Å². The fourth-order valence-electron chi connectivity index (χ4n) is 1.46. The molecule has 0 aliphatic carbocycles. The van der Waals surface area contributed by atoms with Gasteiger partial charge >= 0.3 is 5.97 Å². The van der Waals surface area contributed by atoms with Gasteiger partial charge in [0, 0.05) is 18.2 Å². The molecule has 18 heavy (non-hydrogen) atoms. The Hall–Kier alpha value is -2.43. The van der Waals surface area contributed by atoms with Gasteiger partial charge in [-0.25, -0.2) is 9.78 Å². The summed E-state index contributed by atoms with van der Waals surface area (Å²) in [6.45, 7) is 0.155. The van der Waals surface area contributed by atoms with Crippen molar-refractivity contribution in [2.24, 2.45) is 0 Å². The summed E-state index contributed by atoms with van der Waals surface area (Å²) < 4.78 is 5.07. The lowest BCUT2D eigenvalue weighted by atomic mass is 10.2. The maximum absolute atomic E-state index is 11.6. The van der Waals surface area contributed by atoms with Gasteiger partial charge in [0.05, 0.1) is 18.5 Å². The summed E-state index contributed by atoms with van der Waals surface area (Å²) in [4.78, 5) is 29.2. The third kappa shape index (κ3) is 3.04. The molecule has 0 aliphatic heterocycles. The first-order valence-electron chi connectivity index (χ1n) is 5.51. The SMILES string of the molecule is O=C(OCCc1cnc[nH]c1=O)c1ccccc1. The molecule has 0 fully saturated rings. The topological polar surface area (TPSA) is 72.0 Å². The number of rotatable bonds is 4. The van der Waals surface area contributed by atoms with Crippen molar-refractivity contribution >= 4 is 5.97 Å². The van der Waals surface area contributed by atoms with Crippen LogP contribution in [0.2, 0.25) is 0 Å². The smallest absolute Gasteiger partial charge is 0.338 e. The fraction of sp³-hybridized carbons (Fsp3) is 0.154. The lowest BCUT2D eigenvalue weighted by molar-refractivity contribution is 0.0509. The van der Waals surface area contributed by atoms with Crippen molar-refractivity contribution in [3.63, 3.8) is 0 Å². The highest BCUT2D eigenvalue weighted by atomic mass is 16.5. The average molecular weight is 244 g/mol. The Balaban J connectivity index is 1.88. The first kappa shape index (κ1) is 12.0. The summed E-state index contributed by atoms with van der Waals surface area (Å²) in [6, 6.07) is 8.72. The number of benzene rings is 1. The third-order valence-corrected chi connectivity index (χ3v) is 2.41. The molecule has 0 radical (unpaired) electrons. The summed E-state index contributed by atoms with van der Waals surface area (Å²) in [5, 5.41) is 0. The van der Waals surface area contributed by atoms with Crippen LogP contribution >= 0.6 is 0 Å². The predicted molar refractivity (Wildman–Crippen MR) is 65.3 cm³/mol. The predicted octanol–water partition coefficient (Wildman–Crippen LogP) is 1.17. The minimum atomic E-state index is -0.393. The van der Waals surface area contributed by atoms with Gasteiger partial charge in [0.1, 0.15) is 0 Å². The van der Waals surface area contributed by atoms with Gasteiger partial charge in [0.2, 0.25) is 0 Å². The summed E-state index contributed by atoms with van der Waals surface area (Å²) in [5.74, 6) is -0.393. The van der Waals surface area contributed by atoms with Crippen molar-refractivity contribution in [1.82, 2.24) is 9.97 Å². The number of hydrogen-bond donors (Lipinski definition) is 1. The molecule has 0 saturated heterocycles. The number of aromatic amines is 1. The Labute approximate surface area is 103 Å². The van der Waals surface area contributed by atoms with E-state index >= 15 is 0 Å². The number of hydrogen-bond acceptors (Lipinski definition) is 4. The average Bonchev–Trinajstić information content (AvgIpc) is 2.42. The van der Waals surface area contributed by atoms with Crippen LogP contribution in [0, 0.1) is 0 Å². The number of ether oxygens (including phenoxy) is 1. The molecular formula is C13H12N2O3. The van der Waals surface area contributed by atoms with Crippen molar-refractivity contribution in [2.45, 2.75) is 6.42 Å². The molecule has 0 amide bonds. The highest BCUT2D eigenvalue weighted by Gasteiger charge is 2.06. The molecule has 1 aromatic carbocycles. The van der Waals surface area contributed by atoms with Crippen molar-refractivity contribution in [3.05, 3.63) is 64.3 Å². The maximum Gasteiger partial charge on any atom is 0.338 e. The normalized spacial score (nSPS) is 10.0. The Morgan fingerprint density at radius 2 is 2.06 bits per heavy atom. The van der Waals surface area contributed by atoms with Gasteiger partial charge in [0.15, 0.2) is 0 Å². The van der Waals surface area contributed by atoms with E-state index in [-0.39, 0.29) is 12.2 Å². The minimum Gasteiger partial charge on any atom is -0.462 e. The number of carbonyl (C=O) groups is 1. The Bertz CT molecular complexity index is 578. The molecule has 1 heterocycles. The van der Waals surface area contributed by atoms with Crippen molar-refractivity contribution in [2.75, 3.05) is 6.61 Å². The van der Waals surface area contributed by atoms with Crippen LogP contribution in [0.3, 0.4) is 0 Å². The van der Waals surface area contributed by atoms with Crippen LogP contribution in [-0.2, 0) is 11.2 Å². The molecule has 0 unspecified atom stereocenters. The highest BCUT2D eigenvalue weighted by Crippen LogP contribution is 2.01.